The molecule has 2 aromatic carbocycles. The van der Waals surface area contributed by atoms with Crippen LogP contribution in [0.1, 0.15) is 34.3 Å². The van der Waals surface area contributed by atoms with Crippen molar-refractivity contribution in [1.29, 1.82) is 0 Å². The second-order valence-corrected chi connectivity index (χ2v) is 9.99. The number of fused-ring (bicyclic) bond motifs is 1. The van der Waals surface area contributed by atoms with Gasteiger partial charge >= 0.3 is 0 Å². The summed E-state index contributed by atoms with van der Waals surface area (Å²) in [6, 6.07) is 10.9. The van der Waals surface area contributed by atoms with Crippen molar-refractivity contribution in [2.24, 2.45) is 0 Å². The van der Waals surface area contributed by atoms with E-state index in [9.17, 15) is 14.4 Å². The second kappa shape index (κ2) is 9.85. The van der Waals surface area contributed by atoms with E-state index in [0.717, 1.165) is 28.9 Å². The molecule has 2 aliphatic heterocycles. The van der Waals surface area contributed by atoms with Crippen LogP contribution in [0.3, 0.4) is 0 Å². The molecule has 0 bridgehead atoms. The van der Waals surface area contributed by atoms with Gasteiger partial charge in [0.25, 0.3) is 5.91 Å². The quantitative estimate of drug-likeness (QED) is 0.490. The molecule has 2 aliphatic rings. The van der Waals surface area contributed by atoms with E-state index in [4.69, 9.17) is 9.72 Å². The molecular formula is C26H28N4O4S. The highest BCUT2D eigenvalue weighted by Crippen LogP contribution is 2.32. The third-order valence-corrected chi connectivity index (χ3v) is 7.66. The summed E-state index contributed by atoms with van der Waals surface area (Å²) in [6.45, 7) is 8.34. The molecular weight excluding hydrogens is 464 g/mol. The molecule has 1 aromatic heterocycles. The van der Waals surface area contributed by atoms with E-state index in [0.29, 0.717) is 42.7 Å². The number of aromatic nitrogens is 1. The van der Waals surface area contributed by atoms with Crippen molar-refractivity contribution in [3.63, 3.8) is 0 Å². The summed E-state index contributed by atoms with van der Waals surface area (Å²) in [6.07, 6.45) is 0.403. The Bertz CT molecular complexity index is 1240. The van der Waals surface area contributed by atoms with Crippen LogP contribution in [0.5, 0.6) is 0 Å². The molecule has 0 saturated carbocycles. The van der Waals surface area contributed by atoms with Crippen molar-refractivity contribution in [1.82, 2.24) is 9.88 Å². The van der Waals surface area contributed by atoms with Crippen LogP contribution >= 0.6 is 11.3 Å². The van der Waals surface area contributed by atoms with Crippen LogP contribution in [0, 0.1) is 13.8 Å². The van der Waals surface area contributed by atoms with Gasteiger partial charge in [0.05, 0.1) is 29.1 Å². The Morgan fingerprint density at radius 1 is 1.06 bits per heavy atom. The van der Waals surface area contributed by atoms with Crippen molar-refractivity contribution in [2.45, 2.75) is 26.7 Å². The van der Waals surface area contributed by atoms with Crippen LogP contribution < -0.4 is 9.80 Å². The topological polar surface area (TPSA) is 83.1 Å². The van der Waals surface area contributed by atoms with E-state index in [1.54, 1.807) is 29.2 Å². The van der Waals surface area contributed by atoms with E-state index in [1.165, 1.54) is 21.8 Å². The first kappa shape index (κ1) is 23.6. The number of imide groups is 1. The first-order chi connectivity index (χ1) is 16.9. The lowest BCUT2D eigenvalue weighted by Crippen LogP contribution is -2.43. The van der Waals surface area contributed by atoms with Gasteiger partial charge in [0.2, 0.25) is 11.8 Å². The number of anilines is 2. The maximum atomic E-state index is 13.8. The Morgan fingerprint density at radius 2 is 1.77 bits per heavy atom. The van der Waals surface area contributed by atoms with Gasteiger partial charge in [0.15, 0.2) is 5.13 Å². The largest absolute Gasteiger partial charge is 0.379 e. The summed E-state index contributed by atoms with van der Waals surface area (Å²) in [5, 5.41) is 0.641. The Morgan fingerprint density at radius 3 is 2.51 bits per heavy atom. The summed E-state index contributed by atoms with van der Waals surface area (Å²) in [5.74, 6) is -0.673. The summed E-state index contributed by atoms with van der Waals surface area (Å²) < 4.78 is 6.49. The van der Waals surface area contributed by atoms with Crippen LogP contribution in [0.15, 0.2) is 36.4 Å². The zero-order chi connectivity index (χ0) is 24.5. The Balaban J connectivity index is 1.47. The van der Waals surface area contributed by atoms with Crippen LogP contribution in [-0.2, 0) is 14.3 Å². The van der Waals surface area contributed by atoms with Gasteiger partial charge in [-0.05, 0) is 55.3 Å². The zero-order valence-corrected chi connectivity index (χ0v) is 20.8. The SMILES string of the molecule is Cc1cc2nc(N(CCN3CCOCC3)C(=O)c3cccc(N4C(=O)CCC4=O)c3)sc2cc1C. The van der Waals surface area contributed by atoms with Gasteiger partial charge in [-0.3, -0.25) is 29.1 Å². The number of rotatable bonds is 6. The van der Waals surface area contributed by atoms with E-state index in [2.05, 4.69) is 30.9 Å². The molecule has 0 radical (unpaired) electrons. The number of morpholine rings is 1. The minimum Gasteiger partial charge on any atom is -0.379 e. The van der Waals surface area contributed by atoms with E-state index in [-0.39, 0.29) is 30.6 Å². The van der Waals surface area contributed by atoms with E-state index < -0.39 is 0 Å². The molecule has 9 heteroatoms. The first-order valence-corrected chi connectivity index (χ1v) is 12.7. The van der Waals surface area contributed by atoms with Crippen molar-refractivity contribution >= 4 is 50.1 Å². The molecule has 35 heavy (non-hydrogen) atoms. The van der Waals surface area contributed by atoms with Crippen LogP contribution in [-0.4, -0.2) is 67.0 Å². The number of hydrogen-bond acceptors (Lipinski definition) is 7. The highest BCUT2D eigenvalue weighted by atomic mass is 32.1. The summed E-state index contributed by atoms with van der Waals surface area (Å²) in [5.41, 5.74) is 4.08. The molecule has 0 spiro atoms. The van der Waals surface area contributed by atoms with Gasteiger partial charge in [0.1, 0.15) is 0 Å². The van der Waals surface area contributed by atoms with Crippen molar-refractivity contribution < 1.29 is 19.1 Å². The Hall–Kier alpha value is -3.14. The number of hydrogen-bond donors (Lipinski definition) is 0. The number of amides is 3. The van der Waals surface area contributed by atoms with Crippen LogP contribution in [0.4, 0.5) is 10.8 Å². The number of aryl methyl sites for hydroxylation is 2. The molecule has 0 N–H and O–H groups in total. The Kier molecular flexibility index (Phi) is 6.64. The summed E-state index contributed by atoms with van der Waals surface area (Å²) in [4.78, 5) is 48.3. The number of nitrogens with zero attached hydrogens (tertiary/aromatic N) is 4. The van der Waals surface area contributed by atoms with Crippen molar-refractivity contribution in [3.8, 4) is 0 Å². The molecule has 3 heterocycles. The third kappa shape index (κ3) is 4.84. The number of carbonyl (C=O) groups excluding carboxylic acids is 3. The zero-order valence-electron chi connectivity index (χ0n) is 20.0. The Labute approximate surface area is 208 Å². The fourth-order valence-corrected chi connectivity index (χ4v) is 5.50. The maximum Gasteiger partial charge on any atom is 0.260 e. The van der Waals surface area contributed by atoms with Gasteiger partial charge < -0.3 is 4.74 Å². The normalized spacial score (nSPS) is 16.9. The van der Waals surface area contributed by atoms with Gasteiger partial charge in [-0.2, -0.15) is 0 Å². The molecule has 3 aromatic rings. The molecule has 2 saturated heterocycles. The predicted molar refractivity (Wildman–Crippen MR) is 136 cm³/mol. The molecule has 0 unspecified atom stereocenters. The lowest BCUT2D eigenvalue weighted by molar-refractivity contribution is -0.121. The smallest absolute Gasteiger partial charge is 0.260 e. The summed E-state index contributed by atoms with van der Waals surface area (Å²) in [7, 11) is 0. The fourth-order valence-electron chi connectivity index (χ4n) is 4.43. The lowest BCUT2D eigenvalue weighted by Gasteiger charge is -2.29. The van der Waals surface area contributed by atoms with Gasteiger partial charge in [0, 0.05) is 44.6 Å². The average molecular weight is 493 g/mol. The van der Waals surface area contributed by atoms with Crippen molar-refractivity contribution in [2.75, 3.05) is 49.2 Å². The number of thiazole rings is 1. The molecule has 8 nitrogen and oxygen atoms in total. The monoisotopic (exact) mass is 492 g/mol. The average Bonchev–Trinajstić information content (AvgIpc) is 3.41. The van der Waals surface area contributed by atoms with E-state index >= 15 is 0 Å². The second-order valence-electron chi connectivity index (χ2n) is 8.98. The van der Waals surface area contributed by atoms with Crippen LogP contribution in [0.2, 0.25) is 0 Å². The van der Waals surface area contributed by atoms with Gasteiger partial charge in [-0.15, -0.1) is 0 Å². The molecule has 3 amide bonds. The molecule has 2 fully saturated rings. The van der Waals surface area contributed by atoms with Gasteiger partial charge in [-0.25, -0.2) is 4.98 Å². The summed E-state index contributed by atoms with van der Waals surface area (Å²) >= 11 is 1.50. The minimum absolute atomic E-state index is 0.202. The predicted octanol–water partition coefficient (Wildman–Crippen LogP) is 3.55. The minimum atomic E-state index is -0.235. The van der Waals surface area contributed by atoms with Crippen molar-refractivity contribution in [3.05, 3.63) is 53.1 Å². The fraction of sp³-hybridized carbons (Fsp3) is 0.385. The first-order valence-electron chi connectivity index (χ1n) is 11.9. The highest BCUT2D eigenvalue weighted by Gasteiger charge is 2.31. The van der Waals surface area contributed by atoms with Gasteiger partial charge in [-0.1, -0.05) is 17.4 Å². The maximum absolute atomic E-state index is 13.8. The number of benzene rings is 2. The molecule has 0 aliphatic carbocycles. The third-order valence-electron chi connectivity index (χ3n) is 6.62. The lowest BCUT2D eigenvalue weighted by atomic mass is 10.1. The highest BCUT2D eigenvalue weighted by molar-refractivity contribution is 7.22. The number of carbonyl (C=O) groups is 3. The standard InChI is InChI=1S/C26H28N4O4S/c1-17-14-21-22(15-18(17)2)35-26(27-21)29(9-8-28-10-12-34-13-11-28)25(33)19-4-3-5-20(16-19)30-23(31)6-7-24(30)32/h3-5,14-16H,6-13H2,1-2H3. The molecule has 0 atom stereocenters. The molecule has 5 rings (SSSR count). The number of ether oxygens (including phenoxy) is 1. The van der Waals surface area contributed by atoms with E-state index in [1.807, 2.05) is 0 Å². The van der Waals surface area contributed by atoms with Crippen LogP contribution in [0.25, 0.3) is 10.2 Å². The molecule has 182 valence electrons.